The first-order valence-corrected chi connectivity index (χ1v) is 2.32. The maximum atomic E-state index is 7.17. The van der Waals surface area contributed by atoms with Crippen LogP contribution in [0.15, 0.2) is 0 Å². The van der Waals surface area contributed by atoms with E-state index in [4.69, 9.17) is 45.2 Å². The maximum absolute atomic E-state index is 7.17. The van der Waals surface area contributed by atoms with Gasteiger partial charge >= 0.3 is 22.0 Å². The van der Waals surface area contributed by atoms with Crippen molar-refractivity contribution in [3.63, 3.8) is 0 Å². The molecule has 0 bridgehead atoms. The summed E-state index contributed by atoms with van der Waals surface area (Å²) < 4.78 is 0. The van der Waals surface area contributed by atoms with Crippen LogP contribution in [0, 0.1) is 0 Å². The van der Waals surface area contributed by atoms with Gasteiger partial charge in [-0.15, -0.1) is 0 Å². The van der Waals surface area contributed by atoms with Gasteiger partial charge in [0, 0.05) is 21.7 Å². The third kappa shape index (κ3) is 4630. The van der Waals surface area contributed by atoms with Gasteiger partial charge in [-0.05, 0) is 0 Å². The Morgan fingerprint density at radius 3 is 0.385 bits per heavy atom. The summed E-state index contributed by atoms with van der Waals surface area (Å²) in [5, 5.41) is 64.5. The summed E-state index contributed by atoms with van der Waals surface area (Å²) in [5.41, 5.74) is 0. The molecule has 0 fully saturated rings. The van der Waals surface area contributed by atoms with Crippen molar-refractivity contribution in [1.29, 1.82) is 0 Å². The minimum atomic E-state index is -2.17. The molecule has 0 saturated heterocycles. The van der Waals surface area contributed by atoms with Gasteiger partial charge in [-0.3, -0.25) is 0 Å². The van der Waals surface area contributed by atoms with Crippen LogP contribution in [0.1, 0.15) is 0 Å². The zero-order chi connectivity index (χ0) is 10.7. The summed E-state index contributed by atoms with van der Waals surface area (Å²) in [5.74, 6) is 0. The van der Waals surface area contributed by atoms with Gasteiger partial charge in [-0.2, -0.15) is 0 Å². The SMILES string of the molecule is OB(O)O.OB(O)O.OB(O)O.[Ti]. The average molecular weight is 233 g/mol. The molecule has 13 heavy (non-hydrogen) atoms. The Balaban J connectivity index is -0.0000000450. The van der Waals surface area contributed by atoms with E-state index in [0.29, 0.717) is 0 Å². The molecule has 9 nitrogen and oxygen atoms in total. The Bertz CT molecular complexity index is 43.4. The molecule has 0 spiro atoms. The van der Waals surface area contributed by atoms with Gasteiger partial charge in [0.25, 0.3) is 0 Å². The standard InChI is InChI=1S/3BH3O3.Ti/c3*2-1(3)4;/h3*2-4H;. The Labute approximate surface area is 89.3 Å². The summed E-state index contributed by atoms with van der Waals surface area (Å²) in [7, 11) is -6.50. The molecular weight excluding hydrogens is 224 g/mol. The van der Waals surface area contributed by atoms with Gasteiger partial charge in [-0.1, -0.05) is 0 Å². The molecule has 0 atom stereocenters. The topological polar surface area (TPSA) is 182 Å². The first-order valence-electron chi connectivity index (χ1n) is 2.32. The van der Waals surface area contributed by atoms with Crippen molar-refractivity contribution in [2.24, 2.45) is 0 Å². The van der Waals surface area contributed by atoms with E-state index in [1.165, 1.54) is 0 Å². The molecule has 0 heterocycles. The maximum Gasteiger partial charge on any atom is 0.631 e. The Morgan fingerprint density at radius 2 is 0.385 bits per heavy atom. The molecule has 0 amide bonds. The summed E-state index contributed by atoms with van der Waals surface area (Å²) >= 11 is 0. The van der Waals surface area contributed by atoms with Gasteiger partial charge in [-0.25, -0.2) is 0 Å². The van der Waals surface area contributed by atoms with E-state index in [-0.39, 0.29) is 21.7 Å². The van der Waals surface area contributed by atoms with E-state index in [9.17, 15) is 0 Å². The smallest absolute Gasteiger partial charge is 0.402 e. The Hall–Kier alpha value is 0.549. The van der Waals surface area contributed by atoms with Crippen LogP contribution in [0.4, 0.5) is 0 Å². The second-order valence-electron chi connectivity index (χ2n) is 1.04. The van der Waals surface area contributed by atoms with Crippen LogP contribution >= 0.6 is 0 Å². The summed E-state index contributed by atoms with van der Waals surface area (Å²) in [6.07, 6.45) is 0. The van der Waals surface area contributed by atoms with E-state index in [1.807, 2.05) is 0 Å². The zero-order valence-corrected chi connectivity index (χ0v) is 7.82. The number of hydrogen-bond acceptors (Lipinski definition) is 9. The van der Waals surface area contributed by atoms with Crippen LogP contribution in [0.25, 0.3) is 0 Å². The monoisotopic (exact) mass is 234 g/mol. The summed E-state index contributed by atoms with van der Waals surface area (Å²) in [4.78, 5) is 0. The molecule has 9 N–H and O–H groups in total. The molecular formula is H9B3O9Ti. The van der Waals surface area contributed by atoms with Crippen molar-refractivity contribution in [1.82, 2.24) is 0 Å². The van der Waals surface area contributed by atoms with E-state index < -0.39 is 22.0 Å². The molecule has 76 valence electrons. The van der Waals surface area contributed by atoms with Crippen molar-refractivity contribution in [2.45, 2.75) is 0 Å². The summed E-state index contributed by atoms with van der Waals surface area (Å²) in [6, 6.07) is 0. The summed E-state index contributed by atoms with van der Waals surface area (Å²) in [6.45, 7) is 0. The predicted octanol–water partition coefficient (Wildman–Crippen LogP) is -6.16. The quantitative estimate of drug-likeness (QED) is 0.184. The minimum Gasteiger partial charge on any atom is -0.402 e. The van der Waals surface area contributed by atoms with E-state index in [0.717, 1.165) is 0 Å². The molecule has 0 aliphatic rings. The Morgan fingerprint density at radius 1 is 0.385 bits per heavy atom. The fourth-order valence-electron chi connectivity index (χ4n) is 0. The normalized spacial score (nSPS) is 6.23. The Kier molecular flexibility index (Phi) is 33.0. The first kappa shape index (κ1) is 23.4. The van der Waals surface area contributed by atoms with Crippen molar-refractivity contribution in [3.05, 3.63) is 0 Å². The third-order valence-corrected chi connectivity index (χ3v) is 0. The van der Waals surface area contributed by atoms with Crippen LogP contribution in [-0.2, 0) is 21.7 Å². The number of rotatable bonds is 0. The van der Waals surface area contributed by atoms with Gasteiger partial charge in [0.1, 0.15) is 0 Å². The van der Waals surface area contributed by atoms with Crippen LogP contribution in [0.5, 0.6) is 0 Å². The van der Waals surface area contributed by atoms with Crippen LogP contribution in [0.2, 0.25) is 0 Å². The zero-order valence-electron chi connectivity index (χ0n) is 6.26. The molecule has 0 saturated carbocycles. The van der Waals surface area contributed by atoms with E-state index in [1.54, 1.807) is 0 Å². The fourth-order valence-corrected chi connectivity index (χ4v) is 0. The largest absolute Gasteiger partial charge is 0.631 e. The van der Waals surface area contributed by atoms with Gasteiger partial charge in [0.05, 0.1) is 0 Å². The van der Waals surface area contributed by atoms with Crippen LogP contribution in [-0.4, -0.2) is 67.2 Å². The third-order valence-electron chi connectivity index (χ3n) is 0. The van der Waals surface area contributed by atoms with E-state index in [2.05, 4.69) is 0 Å². The van der Waals surface area contributed by atoms with Crippen molar-refractivity contribution in [3.8, 4) is 0 Å². The molecule has 0 rings (SSSR count). The van der Waals surface area contributed by atoms with E-state index >= 15 is 0 Å². The van der Waals surface area contributed by atoms with Crippen LogP contribution < -0.4 is 0 Å². The second kappa shape index (κ2) is 18.4. The molecule has 0 aromatic carbocycles. The van der Waals surface area contributed by atoms with Gasteiger partial charge in [0.15, 0.2) is 0 Å². The minimum absolute atomic E-state index is 0. The van der Waals surface area contributed by atoms with Crippen molar-refractivity contribution >= 4 is 22.0 Å². The molecule has 13 heteroatoms. The number of hydrogen-bond donors (Lipinski definition) is 9. The van der Waals surface area contributed by atoms with Gasteiger partial charge in [0.2, 0.25) is 0 Å². The molecule has 0 aliphatic heterocycles. The molecule has 0 aromatic heterocycles. The second-order valence-corrected chi connectivity index (χ2v) is 1.04. The van der Waals surface area contributed by atoms with Gasteiger partial charge < -0.3 is 45.2 Å². The van der Waals surface area contributed by atoms with Crippen molar-refractivity contribution in [2.75, 3.05) is 0 Å². The predicted molar refractivity (Wildman–Crippen MR) is 37.2 cm³/mol. The molecule has 0 aromatic rings. The average Bonchev–Trinajstić information content (AvgIpc) is 1.54. The molecule has 0 unspecified atom stereocenters. The first-order chi connectivity index (χ1) is 5.20. The van der Waals surface area contributed by atoms with Crippen LogP contribution in [0.3, 0.4) is 0 Å². The molecule has 0 radical (unpaired) electrons. The fraction of sp³-hybridized carbons (Fsp3) is 0. The molecule has 0 aliphatic carbocycles. The van der Waals surface area contributed by atoms with Crippen molar-refractivity contribution < 1.29 is 66.9 Å².